The van der Waals surface area contributed by atoms with Gasteiger partial charge in [0.2, 0.25) is 0 Å². The molecule has 1 unspecified atom stereocenters. The van der Waals surface area contributed by atoms with Gasteiger partial charge in [-0.15, -0.1) is 0 Å². The first-order valence-corrected chi connectivity index (χ1v) is 28.4. The van der Waals surface area contributed by atoms with Crippen LogP contribution in [0.4, 0.5) is 0 Å². The van der Waals surface area contributed by atoms with Crippen molar-refractivity contribution in [3.63, 3.8) is 0 Å². The van der Waals surface area contributed by atoms with Crippen LogP contribution in [-0.2, 0) is 28.6 Å². The van der Waals surface area contributed by atoms with E-state index in [2.05, 4.69) is 93.7 Å². The molecule has 0 saturated heterocycles. The van der Waals surface area contributed by atoms with E-state index < -0.39 is 6.10 Å². The van der Waals surface area contributed by atoms with E-state index >= 15 is 0 Å². The summed E-state index contributed by atoms with van der Waals surface area (Å²) in [6.45, 7) is 6.43. The van der Waals surface area contributed by atoms with Crippen molar-refractivity contribution in [1.82, 2.24) is 0 Å². The lowest BCUT2D eigenvalue weighted by Crippen LogP contribution is -2.30. The zero-order valence-corrected chi connectivity index (χ0v) is 44.2. The molecule has 1 atom stereocenters. The zero-order valence-electron chi connectivity index (χ0n) is 44.2. The quantitative estimate of drug-likeness (QED) is 0.0262. The molecule has 0 amide bonds. The van der Waals surface area contributed by atoms with Crippen molar-refractivity contribution in [1.29, 1.82) is 0 Å². The van der Waals surface area contributed by atoms with Crippen LogP contribution in [-0.4, -0.2) is 37.2 Å². The lowest BCUT2D eigenvalue weighted by Gasteiger charge is -2.18. The second kappa shape index (κ2) is 55.4. The van der Waals surface area contributed by atoms with E-state index in [-0.39, 0.29) is 31.1 Å². The molecule has 0 saturated carbocycles. The summed E-state index contributed by atoms with van der Waals surface area (Å²) >= 11 is 0. The van der Waals surface area contributed by atoms with Crippen molar-refractivity contribution in [3.05, 3.63) is 72.9 Å². The maximum Gasteiger partial charge on any atom is 0.306 e. The number of hydrogen-bond acceptors (Lipinski definition) is 6. The van der Waals surface area contributed by atoms with Crippen molar-refractivity contribution in [2.45, 2.75) is 284 Å². The molecule has 0 aromatic rings. The van der Waals surface area contributed by atoms with Crippen molar-refractivity contribution in [2.75, 3.05) is 13.2 Å². The molecular formula is C61H106O6. The van der Waals surface area contributed by atoms with Crippen LogP contribution in [0.15, 0.2) is 72.9 Å². The molecule has 0 aliphatic heterocycles. The average molecular weight is 936 g/mol. The number of carbonyl (C=O) groups is 3. The summed E-state index contributed by atoms with van der Waals surface area (Å²) < 4.78 is 16.7. The summed E-state index contributed by atoms with van der Waals surface area (Å²) in [5.41, 5.74) is 0. The first kappa shape index (κ1) is 63.8. The fourth-order valence-corrected chi connectivity index (χ4v) is 7.93. The molecule has 0 aliphatic rings. The van der Waals surface area contributed by atoms with E-state index in [4.69, 9.17) is 14.2 Å². The standard InChI is InChI=1S/C61H106O6/c1-4-7-10-13-15-17-19-21-22-23-24-25-26-27-28-29-30-31-32-33-34-35-36-37-38-40-41-43-45-48-51-54-60(63)66-57-58(56-65-59(62)53-50-47-12-9-6-3)67-61(64)55-52-49-46-44-42-39-20-18-16-14-11-8-5-2/h7,10,15,17-18,20-22,24-25,27-28,58H,4-6,8-9,11-14,16,19,23,26,29-57H2,1-3H3/b10-7-,17-15-,20-18-,22-21-,25-24-,28-27-. The van der Waals surface area contributed by atoms with Crippen LogP contribution in [0.25, 0.3) is 0 Å². The van der Waals surface area contributed by atoms with E-state index in [9.17, 15) is 14.4 Å². The lowest BCUT2D eigenvalue weighted by molar-refractivity contribution is -0.167. The number of rotatable bonds is 51. The van der Waals surface area contributed by atoms with Gasteiger partial charge < -0.3 is 14.2 Å². The Morgan fingerprint density at radius 2 is 0.582 bits per heavy atom. The Bertz CT molecular complexity index is 1260. The molecule has 0 rings (SSSR count). The number of ether oxygens (including phenoxy) is 3. The van der Waals surface area contributed by atoms with Gasteiger partial charge in [-0.2, -0.15) is 0 Å². The van der Waals surface area contributed by atoms with Crippen LogP contribution in [0.3, 0.4) is 0 Å². The normalized spacial score (nSPS) is 12.6. The molecule has 0 aliphatic carbocycles. The van der Waals surface area contributed by atoms with Gasteiger partial charge in [0.15, 0.2) is 6.10 Å². The first-order chi connectivity index (χ1) is 33.0. The highest BCUT2D eigenvalue weighted by molar-refractivity contribution is 5.71. The van der Waals surface area contributed by atoms with Gasteiger partial charge in [-0.25, -0.2) is 0 Å². The molecule has 6 nitrogen and oxygen atoms in total. The van der Waals surface area contributed by atoms with E-state index in [0.717, 1.165) is 109 Å². The molecule has 6 heteroatoms. The minimum atomic E-state index is -0.773. The second-order valence-electron chi connectivity index (χ2n) is 18.8. The monoisotopic (exact) mass is 935 g/mol. The summed E-state index contributed by atoms with van der Waals surface area (Å²) in [6.07, 6.45) is 70.9. The molecule has 0 spiro atoms. The van der Waals surface area contributed by atoms with Gasteiger partial charge in [-0.1, -0.05) is 241 Å². The summed E-state index contributed by atoms with van der Waals surface area (Å²) in [5.74, 6) is -0.894. The van der Waals surface area contributed by atoms with Crippen molar-refractivity contribution in [2.24, 2.45) is 0 Å². The maximum absolute atomic E-state index is 12.7. The van der Waals surface area contributed by atoms with Crippen LogP contribution in [0.1, 0.15) is 278 Å². The minimum absolute atomic E-state index is 0.0765. The molecule has 0 N–H and O–H groups in total. The van der Waals surface area contributed by atoms with Crippen molar-refractivity contribution >= 4 is 17.9 Å². The molecule has 0 fully saturated rings. The van der Waals surface area contributed by atoms with E-state index in [1.165, 1.54) is 128 Å². The number of hydrogen-bond donors (Lipinski definition) is 0. The molecular weight excluding hydrogens is 829 g/mol. The summed E-state index contributed by atoms with van der Waals surface area (Å²) in [6, 6.07) is 0. The van der Waals surface area contributed by atoms with E-state index in [0.29, 0.717) is 19.3 Å². The third kappa shape index (κ3) is 53.7. The average Bonchev–Trinajstić information content (AvgIpc) is 3.33. The smallest absolute Gasteiger partial charge is 0.306 e. The summed E-state index contributed by atoms with van der Waals surface area (Å²) in [7, 11) is 0. The molecule has 0 radical (unpaired) electrons. The molecule has 0 aromatic carbocycles. The lowest BCUT2D eigenvalue weighted by atomic mass is 10.0. The topological polar surface area (TPSA) is 78.9 Å². The van der Waals surface area contributed by atoms with Crippen LogP contribution >= 0.6 is 0 Å². The van der Waals surface area contributed by atoms with Crippen molar-refractivity contribution < 1.29 is 28.6 Å². The fraction of sp³-hybridized carbons (Fsp3) is 0.754. The van der Waals surface area contributed by atoms with E-state index in [1.807, 2.05) is 0 Å². The second-order valence-corrected chi connectivity index (χ2v) is 18.8. The Hall–Kier alpha value is -3.15. The third-order valence-corrected chi connectivity index (χ3v) is 12.2. The number of allylic oxidation sites excluding steroid dienone is 12. The molecule has 386 valence electrons. The van der Waals surface area contributed by atoms with Crippen LogP contribution < -0.4 is 0 Å². The molecule has 0 bridgehead atoms. The van der Waals surface area contributed by atoms with Gasteiger partial charge in [0.1, 0.15) is 13.2 Å². The minimum Gasteiger partial charge on any atom is -0.462 e. The SMILES string of the molecule is CC/C=C\C/C=C\C/C=C\C/C=C\C/C=C\CCCCCCCCCCCCCCCCCC(=O)OCC(COC(=O)CCCCCCC)OC(=O)CCCCCCC/C=C\CCCCCC. The Morgan fingerprint density at radius 1 is 0.313 bits per heavy atom. The zero-order chi connectivity index (χ0) is 48.6. The van der Waals surface area contributed by atoms with Crippen LogP contribution in [0.5, 0.6) is 0 Å². The molecule has 67 heavy (non-hydrogen) atoms. The number of esters is 3. The third-order valence-electron chi connectivity index (χ3n) is 12.2. The summed E-state index contributed by atoms with van der Waals surface area (Å²) in [5, 5.41) is 0. The van der Waals surface area contributed by atoms with E-state index in [1.54, 1.807) is 0 Å². The Labute approximate surface area is 414 Å². The van der Waals surface area contributed by atoms with Crippen molar-refractivity contribution in [3.8, 4) is 0 Å². The Balaban J connectivity index is 3.97. The highest BCUT2D eigenvalue weighted by Crippen LogP contribution is 2.16. The van der Waals surface area contributed by atoms with Crippen LogP contribution in [0, 0.1) is 0 Å². The highest BCUT2D eigenvalue weighted by Gasteiger charge is 2.19. The van der Waals surface area contributed by atoms with Gasteiger partial charge in [-0.3, -0.25) is 14.4 Å². The van der Waals surface area contributed by atoms with Gasteiger partial charge in [-0.05, 0) is 89.9 Å². The van der Waals surface area contributed by atoms with Gasteiger partial charge in [0.05, 0.1) is 0 Å². The van der Waals surface area contributed by atoms with Gasteiger partial charge in [0.25, 0.3) is 0 Å². The largest absolute Gasteiger partial charge is 0.462 e. The first-order valence-electron chi connectivity index (χ1n) is 28.4. The molecule has 0 heterocycles. The predicted molar refractivity (Wildman–Crippen MR) is 288 cm³/mol. The van der Waals surface area contributed by atoms with Crippen LogP contribution in [0.2, 0.25) is 0 Å². The highest BCUT2D eigenvalue weighted by atomic mass is 16.6. The maximum atomic E-state index is 12.7. The molecule has 0 aromatic heterocycles. The van der Waals surface area contributed by atoms with Gasteiger partial charge >= 0.3 is 17.9 Å². The predicted octanol–water partition coefficient (Wildman–Crippen LogP) is 19.0. The Kier molecular flexibility index (Phi) is 52.8. The summed E-state index contributed by atoms with van der Waals surface area (Å²) in [4.78, 5) is 37.7. The fourth-order valence-electron chi connectivity index (χ4n) is 7.93. The number of unbranched alkanes of at least 4 members (excludes halogenated alkanes) is 28. The Morgan fingerprint density at radius 3 is 0.940 bits per heavy atom. The van der Waals surface area contributed by atoms with Gasteiger partial charge in [0, 0.05) is 19.3 Å². The number of carbonyl (C=O) groups excluding carboxylic acids is 3.